The molecule has 0 spiro atoms. The van der Waals surface area contributed by atoms with E-state index in [1.54, 1.807) is 22.6 Å². The molecule has 0 N–H and O–H groups in total. The number of nitrogens with zero attached hydrogens (tertiary/aromatic N) is 2. The lowest BCUT2D eigenvalue weighted by Crippen LogP contribution is -2.04. The molecule has 3 nitrogen and oxygen atoms in total. The number of alkyl halides is 4. The summed E-state index contributed by atoms with van der Waals surface area (Å²) in [5.74, 6) is -0.490. The average molecular weight is 310 g/mol. The van der Waals surface area contributed by atoms with E-state index >= 15 is 0 Å². The van der Waals surface area contributed by atoms with Gasteiger partial charge in [-0.1, -0.05) is 0 Å². The minimum Gasteiger partial charge on any atom is -0.414 e. The summed E-state index contributed by atoms with van der Waals surface area (Å²) in [6, 6.07) is 0. The molecule has 1 rings (SSSR count). The van der Waals surface area contributed by atoms with Crippen molar-refractivity contribution < 1.29 is 22.3 Å². The van der Waals surface area contributed by atoms with Crippen LogP contribution in [0.4, 0.5) is 17.6 Å². The molecule has 0 fully saturated rings. The molecule has 0 aromatic carbocycles. The second kappa shape index (κ2) is 4.11. The van der Waals surface area contributed by atoms with Crippen molar-refractivity contribution in [2.45, 2.75) is 13.2 Å². The van der Waals surface area contributed by atoms with Gasteiger partial charge < -0.3 is 4.74 Å². The minimum atomic E-state index is -3.06. The zero-order valence-corrected chi connectivity index (χ0v) is 8.08. The average Bonchev–Trinajstić information content (AvgIpc) is 2.31. The Bertz CT molecular complexity index is 290. The van der Waals surface area contributed by atoms with Crippen LogP contribution in [-0.2, 0) is 0 Å². The second-order valence-corrected chi connectivity index (χ2v) is 3.08. The van der Waals surface area contributed by atoms with Crippen molar-refractivity contribution in [1.82, 2.24) is 9.78 Å². The maximum atomic E-state index is 12.0. The van der Waals surface area contributed by atoms with E-state index in [0.717, 1.165) is 6.20 Å². The highest BCUT2D eigenvalue weighted by molar-refractivity contribution is 14.1. The second-order valence-electron chi connectivity index (χ2n) is 1.92. The Morgan fingerprint density at radius 3 is 2.38 bits per heavy atom. The third-order valence-corrected chi connectivity index (χ3v) is 1.80. The zero-order chi connectivity index (χ0) is 10.0. The molecule has 0 radical (unpaired) electrons. The summed E-state index contributed by atoms with van der Waals surface area (Å²) < 4.78 is 51.4. The minimum absolute atomic E-state index is 0.109. The number of aromatic nitrogens is 2. The molecule has 8 heteroatoms. The van der Waals surface area contributed by atoms with Crippen LogP contribution in [0.15, 0.2) is 6.20 Å². The predicted octanol–water partition coefficient (Wildman–Crippen LogP) is 2.48. The molecule has 0 bridgehead atoms. The van der Waals surface area contributed by atoms with E-state index in [1.807, 2.05) is 0 Å². The first kappa shape index (κ1) is 10.5. The molecular formula is C5H3F4IN2O. The summed E-state index contributed by atoms with van der Waals surface area (Å²) in [6.45, 7) is -5.92. The van der Waals surface area contributed by atoms with Crippen LogP contribution >= 0.6 is 22.6 Å². The molecular weight excluding hydrogens is 307 g/mol. The van der Waals surface area contributed by atoms with Gasteiger partial charge in [-0.2, -0.15) is 17.6 Å². The predicted molar refractivity (Wildman–Crippen MR) is 42.8 cm³/mol. The van der Waals surface area contributed by atoms with Crippen molar-refractivity contribution >= 4 is 22.6 Å². The number of hydrogen-bond acceptors (Lipinski definition) is 2. The number of rotatable bonds is 3. The van der Waals surface area contributed by atoms with Crippen LogP contribution in [0.5, 0.6) is 5.88 Å². The highest BCUT2D eigenvalue weighted by atomic mass is 127. The molecule has 74 valence electrons. The first-order chi connectivity index (χ1) is 6.00. The number of ether oxygens (including phenoxy) is 1. The Kier molecular flexibility index (Phi) is 3.33. The molecule has 0 unspecified atom stereocenters. The van der Waals surface area contributed by atoms with Crippen molar-refractivity contribution in [3.05, 3.63) is 9.77 Å². The Labute approximate surface area is 83.8 Å². The number of hydrogen-bond donors (Lipinski definition) is 0. The van der Waals surface area contributed by atoms with Gasteiger partial charge in [0.15, 0.2) is 0 Å². The van der Waals surface area contributed by atoms with Crippen molar-refractivity contribution in [2.75, 3.05) is 0 Å². The molecule has 0 aliphatic heterocycles. The van der Waals surface area contributed by atoms with E-state index in [9.17, 15) is 17.6 Å². The van der Waals surface area contributed by atoms with Gasteiger partial charge in [-0.3, -0.25) is 0 Å². The third kappa shape index (κ3) is 2.71. The lowest BCUT2D eigenvalue weighted by atomic mass is 10.7. The molecule has 1 aromatic heterocycles. The lowest BCUT2D eigenvalue weighted by molar-refractivity contribution is -0.0550. The van der Waals surface area contributed by atoms with Gasteiger partial charge in [-0.05, 0) is 22.6 Å². The van der Waals surface area contributed by atoms with E-state index in [2.05, 4.69) is 9.84 Å². The van der Waals surface area contributed by atoms with E-state index in [1.165, 1.54) is 0 Å². The van der Waals surface area contributed by atoms with Crippen LogP contribution in [0.2, 0.25) is 0 Å². The maximum absolute atomic E-state index is 12.0. The van der Waals surface area contributed by atoms with Crippen LogP contribution in [0.25, 0.3) is 0 Å². The zero-order valence-electron chi connectivity index (χ0n) is 5.92. The van der Waals surface area contributed by atoms with Gasteiger partial charge in [0.05, 0.1) is 3.57 Å². The fraction of sp³-hybridized carbons (Fsp3) is 0.400. The lowest BCUT2D eigenvalue weighted by Gasteiger charge is -1.99. The van der Waals surface area contributed by atoms with Crippen LogP contribution in [-0.4, -0.2) is 16.4 Å². The molecule has 0 atom stereocenters. The van der Waals surface area contributed by atoms with Crippen molar-refractivity contribution in [2.24, 2.45) is 0 Å². The Morgan fingerprint density at radius 1 is 1.38 bits per heavy atom. The summed E-state index contributed by atoms with van der Waals surface area (Å²) in [5, 5.41) is 3.11. The summed E-state index contributed by atoms with van der Waals surface area (Å²) >= 11 is 1.57. The van der Waals surface area contributed by atoms with Crippen LogP contribution < -0.4 is 4.74 Å². The SMILES string of the molecule is FC(F)Oc1nn(C(F)F)cc1I. The summed E-state index contributed by atoms with van der Waals surface area (Å²) in [7, 11) is 0. The standard InChI is InChI=1S/C5H3F4IN2O/c6-4(7)12-1-2(10)3(11-12)13-5(8)9/h1,4-5H. The van der Waals surface area contributed by atoms with E-state index in [-0.39, 0.29) is 8.25 Å². The highest BCUT2D eigenvalue weighted by Gasteiger charge is 2.16. The molecule has 1 aromatic rings. The molecule has 0 amide bonds. The molecule has 13 heavy (non-hydrogen) atoms. The normalized spacial score (nSPS) is 11.3. The van der Waals surface area contributed by atoms with E-state index in [4.69, 9.17) is 0 Å². The summed E-state index contributed by atoms with van der Waals surface area (Å²) in [4.78, 5) is 0. The largest absolute Gasteiger partial charge is 0.414 e. The Hall–Kier alpha value is -0.540. The van der Waals surface area contributed by atoms with Gasteiger partial charge in [0.1, 0.15) is 0 Å². The van der Waals surface area contributed by atoms with Crippen LogP contribution in [0, 0.1) is 3.57 Å². The maximum Gasteiger partial charge on any atom is 0.388 e. The monoisotopic (exact) mass is 310 g/mol. The van der Waals surface area contributed by atoms with Gasteiger partial charge >= 0.3 is 13.2 Å². The van der Waals surface area contributed by atoms with E-state index < -0.39 is 19.0 Å². The third-order valence-electron chi connectivity index (χ3n) is 1.06. The summed E-state index contributed by atoms with van der Waals surface area (Å²) in [6.07, 6.45) is 0.920. The van der Waals surface area contributed by atoms with Gasteiger partial charge in [0.25, 0.3) is 5.88 Å². The molecule has 0 aliphatic carbocycles. The van der Waals surface area contributed by atoms with Gasteiger partial charge in [0, 0.05) is 6.20 Å². The highest BCUT2D eigenvalue weighted by Crippen LogP contribution is 2.22. The van der Waals surface area contributed by atoms with E-state index in [0.29, 0.717) is 0 Å². The van der Waals surface area contributed by atoms with Crippen molar-refractivity contribution in [3.8, 4) is 5.88 Å². The quantitative estimate of drug-likeness (QED) is 0.633. The van der Waals surface area contributed by atoms with Crippen molar-refractivity contribution in [1.29, 1.82) is 0 Å². The summed E-state index contributed by atoms with van der Waals surface area (Å²) in [5.41, 5.74) is 0. The van der Waals surface area contributed by atoms with Gasteiger partial charge in [0.2, 0.25) is 0 Å². The van der Waals surface area contributed by atoms with Gasteiger partial charge in [-0.15, -0.1) is 5.10 Å². The Morgan fingerprint density at radius 2 is 2.00 bits per heavy atom. The van der Waals surface area contributed by atoms with Crippen LogP contribution in [0.1, 0.15) is 6.55 Å². The molecule has 0 saturated carbocycles. The topological polar surface area (TPSA) is 27.1 Å². The number of halogens is 5. The van der Waals surface area contributed by atoms with Crippen LogP contribution in [0.3, 0.4) is 0 Å². The smallest absolute Gasteiger partial charge is 0.388 e. The van der Waals surface area contributed by atoms with Gasteiger partial charge in [-0.25, -0.2) is 4.68 Å². The van der Waals surface area contributed by atoms with Crippen molar-refractivity contribution in [3.63, 3.8) is 0 Å². The fourth-order valence-corrected chi connectivity index (χ4v) is 1.14. The first-order valence-electron chi connectivity index (χ1n) is 2.98. The molecule has 0 saturated heterocycles. The Balaban J connectivity index is 2.83. The molecule has 1 heterocycles. The fourth-order valence-electron chi connectivity index (χ4n) is 0.617. The first-order valence-corrected chi connectivity index (χ1v) is 4.06. The molecule has 0 aliphatic rings.